The van der Waals surface area contributed by atoms with Crippen LogP contribution in [0.5, 0.6) is 0 Å². The first-order valence-corrected chi connectivity index (χ1v) is 5.99. The van der Waals surface area contributed by atoms with Gasteiger partial charge in [-0.25, -0.2) is 0 Å². The normalized spacial score (nSPS) is 17.8. The highest BCUT2D eigenvalue weighted by molar-refractivity contribution is 6.34. The van der Waals surface area contributed by atoms with Crippen LogP contribution in [0.4, 0.5) is 0 Å². The summed E-state index contributed by atoms with van der Waals surface area (Å²) < 4.78 is 0. The Balaban J connectivity index is 1.99. The maximum Gasteiger partial charge on any atom is 0.0757 e. The van der Waals surface area contributed by atoms with Gasteiger partial charge in [-0.05, 0) is 24.8 Å². The zero-order valence-electron chi connectivity index (χ0n) is 8.42. The molecule has 0 radical (unpaired) electrons. The molecule has 2 N–H and O–H groups in total. The highest BCUT2D eigenvalue weighted by atomic mass is 35.5. The number of pyridine rings is 1. The summed E-state index contributed by atoms with van der Waals surface area (Å²) in [7, 11) is 0. The van der Waals surface area contributed by atoms with E-state index in [1.54, 1.807) is 12.3 Å². The molecule has 1 heterocycles. The third-order valence-corrected chi connectivity index (χ3v) is 3.28. The van der Waals surface area contributed by atoms with Crippen molar-refractivity contribution < 1.29 is 0 Å². The number of hydrogen-bond acceptors (Lipinski definition) is 2. The predicted molar refractivity (Wildman–Crippen MR) is 63.1 cm³/mol. The summed E-state index contributed by atoms with van der Waals surface area (Å²) >= 11 is 11.8. The summed E-state index contributed by atoms with van der Waals surface area (Å²) in [6, 6.07) is 1.64. The molecule has 1 aliphatic carbocycles. The van der Waals surface area contributed by atoms with E-state index in [0.717, 1.165) is 18.0 Å². The Hall–Kier alpha value is -0.310. The fourth-order valence-corrected chi connectivity index (χ4v) is 2.18. The Labute approximate surface area is 99.8 Å². The quantitative estimate of drug-likeness (QED) is 0.880. The summed E-state index contributed by atoms with van der Waals surface area (Å²) in [5.74, 6) is 0.891. The molecule has 4 heteroatoms. The summed E-state index contributed by atoms with van der Waals surface area (Å²) in [5, 5.41) is 1.13. The molecule has 82 valence electrons. The minimum absolute atomic E-state index is 0.0598. The number of nitrogens with zero attached hydrogens (tertiary/aromatic N) is 1. The molecular formula is C11H14Cl2N2. The van der Waals surface area contributed by atoms with E-state index in [-0.39, 0.29) is 6.04 Å². The molecule has 0 spiro atoms. The fourth-order valence-electron chi connectivity index (χ4n) is 1.66. The first kappa shape index (κ1) is 11.2. The molecular weight excluding hydrogens is 231 g/mol. The Bertz CT molecular complexity index is 350. The first-order chi connectivity index (χ1) is 7.16. The van der Waals surface area contributed by atoms with Gasteiger partial charge in [0.15, 0.2) is 0 Å². The number of hydrogen-bond donors (Lipinski definition) is 1. The molecule has 1 unspecified atom stereocenters. The average molecular weight is 245 g/mol. The lowest BCUT2D eigenvalue weighted by Gasteiger charge is -2.12. The predicted octanol–water partition coefficient (Wildman–Crippen LogP) is 3.58. The van der Waals surface area contributed by atoms with Crippen LogP contribution in [0.1, 0.15) is 37.4 Å². The summed E-state index contributed by atoms with van der Waals surface area (Å²) in [6.07, 6.45) is 6.45. The topological polar surface area (TPSA) is 38.9 Å². The summed E-state index contributed by atoms with van der Waals surface area (Å²) in [5.41, 5.74) is 6.80. The van der Waals surface area contributed by atoms with Crippen LogP contribution in [-0.2, 0) is 0 Å². The fraction of sp³-hybridized carbons (Fsp3) is 0.545. The summed E-state index contributed by atoms with van der Waals surface area (Å²) in [4.78, 5) is 4.19. The van der Waals surface area contributed by atoms with Gasteiger partial charge < -0.3 is 5.73 Å². The monoisotopic (exact) mass is 244 g/mol. The summed E-state index contributed by atoms with van der Waals surface area (Å²) in [6.45, 7) is 0. The number of halogens is 2. The van der Waals surface area contributed by atoms with Gasteiger partial charge >= 0.3 is 0 Å². The highest BCUT2D eigenvalue weighted by Gasteiger charge is 2.22. The van der Waals surface area contributed by atoms with Crippen LogP contribution in [0.2, 0.25) is 10.0 Å². The Morgan fingerprint density at radius 3 is 2.80 bits per heavy atom. The first-order valence-electron chi connectivity index (χ1n) is 5.23. The largest absolute Gasteiger partial charge is 0.323 e. The maximum absolute atomic E-state index is 6.03. The maximum atomic E-state index is 6.03. The number of aromatic nitrogens is 1. The smallest absolute Gasteiger partial charge is 0.0757 e. The van der Waals surface area contributed by atoms with Gasteiger partial charge in [0, 0.05) is 12.2 Å². The van der Waals surface area contributed by atoms with E-state index in [4.69, 9.17) is 28.9 Å². The Morgan fingerprint density at radius 1 is 1.47 bits per heavy atom. The molecule has 0 aliphatic heterocycles. The van der Waals surface area contributed by atoms with E-state index in [9.17, 15) is 0 Å². The van der Waals surface area contributed by atoms with Crippen molar-refractivity contribution in [2.75, 3.05) is 0 Å². The molecule has 15 heavy (non-hydrogen) atoms. The van der Waals surface area contributed by atoms with E-state index in [2.05, 4.69) is 4.98 Å². The molecule has 2 rings (SSSR count). The molecule has 0 amide bonds. The van der Waals surface area contributed by atoms with Gasteiger partial charge in [0.1, 0.15) is 0 Å². The van der Waals surface area contributed by atoms with Crippen molar-refractivity contribution in [2.24, 2.45) is 11.7 Å². The van der Waals surface area contributed by atoms with E-state index < -0.39 is 0 Å². The van der Waals surface area contributed by atoms with Crippen molar-refractivity contribution in [3.63, 3.8) is 0 Å². The molecule has 1 saturated carbocycles. The van der Waals surface area contributed by atoms with Crippen LogP contribution >= 0.6 is 23.2 Å². The lowest BCUT2D eigenvalue weighted by Crippen LogP contribution is -2.12. The molecule has 2 nitrogen and oxygen atoms in total. The van der Waals surface area contributed by atoms with Crippen molar-refractivity contribution >= 4 is 23.2 Å². The molecule has 1 aliphatic rings. The number of rotatable bonds is 4. The Kier molecular flexibility index (Phi) is 3.49. The zero-order chi connectivity index (χ0) is 10.8. The van der Waals surface area contributed by atoms with Gasteiger partial charge in [-0.2, -0.15) is 0 Å². The van der Waals surface area contributed by atoms with Gasteiger partial charge in [0.2, 0.25) is 0 Å². The van der Waals surface area contributed by atoms with Gasteiger partial charge in [-0.3, -0.25) is 4.98 Å². The van der Waals surface area contributed by atoms with Gasteiger partial charge in [0.25, 0.3) is 0 Å². The second-order valence-corrected chi connectivity index (χ2v) is 4.99. The van der Waals surface area contributed by atoms with Crippen molar-refractivity contribution in [3.8, 4) is 0 Å². The number of nitrogens with two attached hydrogens (primary N) is 1. The molecule has 1 fully saturated rings. The van der Waals surface area contributed by atoms with Crippen LogP contribution in [0.3, 0.4) is 0 Å². The third kappa shape index (κ3) is 3.07. The zero-order valence-corrected chi connectivity index (χ0v) is 9.93. The SMILES string of the molecule is NC(CCC1CC1)c1ncc(Cl)cc1Cl. The molecule has 0 aromatic carbocycles. The second kappa shape index (κ2) is 4.69. The van der Waals surface area contributed by atoms with E-state index >= 15 is 0 Å². The third-order valence-electron chi connectivity index (χ3n) is 2.77. The minimum Gasteiger partial charge on any atom is -0.323 e. The minimum atomic E-state index is -0.0598. The van der Waals surface area contributed by atoms with E-state index in [1.807, 2.05) is 0 Å². The lowest BCUT2D eigenvalue weighted by molar-refractivity contribution is 0.565. The van der Waals surface area contributed by atoms with Crippen LogP contribution in [-0.4, -0.2) is 4.98 Å². The Morgan fingerprint density at radius 2 is 2.20 bits per heavy atom. The van der Waals surface area contributed by atoms with Crippen LogP contribution in [0.25, 0.3) is 0 Å². The second-order valence-electron chi connectivity index (χ2n) is 4.15. The van der Waals surface area contributed by atoms with Crippen molar-refractivity contribution in [1.29, 1.82) is 0 Å². The van der Waals surface area contributed by atoms with Crippen molar-refractivity contribution in [1.82, 2.24) is 4.98 Å². The average Bonchev–Trinajstić information content (AvgIpc) is 2.97. The van der Waals surface area contributed by atoms with E-state index in [0.29, 0.717) is 10.0 Å². The standard InChI is InChI=1S/C11H14Cl2N2/c12-8-5-9(13)11(15-6-8)10(14)4-3-7-1-2-7/h5-7,10H,1-4,14H2. The van der Waals surface area contributed by atoms with Crippen molar-refractivity contribution in [3.05, 3.63) is 28.0 Å². The van der Waals surface area contributed by atoms with Gasteiger partial charge in [-0.1, -0.05) is 36.0 Å². The molecule has 1 aromatic heterocycles. The van der Waals surface area contributed by atoms with E-state index in [1.165, 1.54) is 19.3 Å². The lowest BCUT2D eigenvalue weighted by atomic mass is 10.1. The van der Waals surface area contributed by atoms with Gasteiger partial charge in [0.05, 0.1) is 15.7 Å². The molecule has 1 atom stereocenters. The van der Waals surface area contributed by atoms with Crippen LogP contribution in [0, 0.1) is 5.92 Å². The highest BCUT2D eigenvalue weighted by Crippen LogP contribution is 2.36. The molecule has 0 bridgehead atoms. The van der Waals surface area contributed by atoms with Crippen LogP contribution in [0.15, 0.2) is 12.3 Å². The molecule has 1 aromatic rings. The van der Waals surface area contributed by atoms with Crippen molar-refractivity contribution in [2.45, 2.75) is 31.7 Å². The van der Waals surface area contributed by atoms with Gasteiger partial charge in [-0.15, -0.1) is 0 Å². The van der Waals surface area contributed by atoms with Crippen LogP contribution < -0.4 is 5.73 Å². The molecule has 0 saturated heterocycles.